The molecule has 2 aromatic heterocycles. The van der Waals surface area contributed by atoms with Crippen molar-refractivity contribution in [3.05, 3.63) is 31.9 Å². The molecule has 0 fully saturated rings. The topological polar surface area (TPSA) is 90.3 Å². The number of hydrogen-bond acceptors (Lipinski definition) is 6. The normalized spacial score (nSPS) is 10.6. The summed E-state index contributed by atoms with van der Waals surface area (Å²) in [7, 11) is 1.73. The lowest BCUT2D eigenvalue weighted by Crippen LogP contribution is -2.16. The molecule has 0 aliphatic rings. The summed E-state index contributed by atoms with van der Waals surface area (Å²) < 4.78 is 7.20. The largest absolute Gasteiger partial charge is 0.462 e. The van der Waals surface area contributed by atoms with Crippen LogP contribution < -0.4 is 5.32 Å². The van der Waals surface area contributed by atoms with E-state index in [4.69, 9.17) is 4.74 Å². The minimum absolute atomic E-state index is 0.177. The van der Waals surface area contributed by atoms with Gasteiger partial charge in [0, 0.05) is 7.05 Å². The highest BCUT2D eigenvalue weighted by atomic mass is 79.9. The maximum Gasteiger partial charge on any atom is 0.341 e. The van der Waals surface area contributed by atoms with Gasteiger partial charge in [-0.1, -0.05) is 0 Å². The second-order valence-electron chi connectivity index (χ2n) is 5.36. The number of rotatable bonds is 5. The number of carbonyl (C=O) groups excluding carboxylic acids is 3. The lowest BCUT2D eigenvalue weighted by Gasteiger charge is -2.06. The van der Waals surface area contributed by atoms with Crippen molar-refractivity contribution in [1.82, 2.24) is 9.78 Å². The van der Waals surface area contributed by atoms with Crippen molar-refractivity contribution < 1.29 is 19.1 Å². The molecule has 1 amide bonds. The summed E-state index contributed by atoms with van der Waals surface area (Å²) in [6.07, 6.45) is 0. The van der Waals surface area contributed by atoms with Crippen molar-refractivity contribution in [2.45, 2.75) is 27.7 Å². The fraction of sp³-hybridized carbons (Fsp3) is 0.375. The number of esters is 1. The van der Waals surface area contributed by atoms with E-state index in [-0.39, 0.29) is 28.6 Å². The van der Waals surface area contributed by atoms with Gasteiger partial charge in [-0.25, -0.2) is 4.79 Å². The van der Waals surface area contributed by atoms with E-state index in [0.717, 1.165) is 17.0 Å². The standard InChI is InChI=1S/C16H18BrN3O4S/c1-6-24-16(23)10-7(2)13(9(4)21)25-15(10)18-14(22)12-11(17)8(3)20(5)19-12/h6H2,1-5H3,(H,18,22). The van der Waals surface area contributed by atoms with Crippen LogP contribution in [0.4, 0.5) is 5.00 Å². The van der Waals surface area contributed by atoms with Gasteiger partial charge in [0.25, 0.3) is 5.91 Å². The molecular formula is C16H18BrN3O4S. The number of nitrogens with one attached hydrogen (secondary N) is 1. The number of ether oxygens (including phenoxy) is 1. The van der Waals surface area contributed by atoms with Gasteiger partial charge < -0.3 is 10.1 Å². The molecule has 0 aliphatic heterocycles. The molecule has 0 bridgehead atoms. The van der Waals surface area contributed by atoms with Crippen LogP contribution in [0.3, 0.4) is 0 Å². The van der Waals surface area contributed by atoms with Gasteiger partial charge in [-0.15, -0.1) is 11.3 Å². The number of halogens is 1. The smallest absolute Gasteiger partial charge is 0.341 e. The van der Waals surface area contributed by atoms with Crippen LogP contribution >= 0.6 is 27.3 Å². The third-order valence-electron chi connectivity index (χ3n) is 3.65. The van der Waals surface area contributed by atoms with Gasteiger partial charge in [0.2, 0.25) is 0 Å². The first kappa shape index (κ1) is 19.3. The highest BCUT2D eigenvalue weighted by molar-refractivity contribution is 9.10. The first-order chi connectivity index (χ1) is 11.7. The number of hydrogen-bond donors (Lipinski definition) is 1. The van der Waals surface area contributed by atoms with Crippen LogP contribution in [-0.4, -0.2) is 34.0 Å². The summed E-state index contributed by atoms with van der Waals surface area (Å²) in [5.74, 6) is -1.23. The predicted molar refractivity (Wildman–Crippen MR) is 98.6 cm³/mol. The summed E-state index contributed by atoms with van der Waals surface area (Å²) in [4.78, 5) is 37.0. The first-order valence-corrected chi connectivity index (χ1v) is 9.11. The van der Waals surface area contributed by atoms with Crippen molar-refractivity contribution in [1.29, 1.82) is 0 Å². The minimum atomic E-state index is -0.574. The number of aryl methyl sites for hydroxylation is 1. The van der Waals surface area contributed by atoms with Crippen molar-refractivity contribution in [2.24, 2.45) is 7.05 Å². The zero-order valence-corrected chi connectivity index (χ0v) is 16.9. The van der Waals surface area contributed by atoms with Gasteiger partial charge in [0.05, 0.1) is 27.2 Å². The molecule has 0 atom stereocenters. The van der Waals surface area contributed by atoms with Gasteiger partial charge in [-0.3, -0.25) is 14.3 Å². The molecule has 0 aliphatic carbocycles. The lowest BCUT2D eigenvalue weighted by molar-refractivity contribution is 0.0527. The summed E-state index contributed by atoms with van der Waals surface area (Å²) >= 11 is 4.40. The van der Waals surface area contributed by atoms with E-state index in [1.165, 1.54) is 6.92 Å². The summed E-state index contributed by atoms with van der Waals surface area (Å²) in [6.45, 7) is 6.79. The molecule has 9 heteroatoms. The van der Waals surface area contributed by atoms with Gasteiger partial charge in [-0.05, 0) is 49.2 Å². The molecule has 2 heterocycles. The Morgan fingerprint density at radius 3 is 2.44 bits per heavy atom. The van der Waals surface area contributed by atoms with Crippen molar-refractivity contribution >= 4 is 49.9 Å². The number of Topliss-reactive ketones (excluding diaryl/α,β-unsaturated/α-hetero) is 1. The number of aromatic nitrogens is 2. The van der Waals surface area contributed by atoms with E-state index in [1.807, 2.05) is 6.92 Å². The third kappa shape index (κ3) is 3.67. The lowest BCUT2D eigenvalue weighted by atomic mass is 10.1. The van der Waals surface area contributed by atoms with E-state index in [1.54, 1.807) is 25.6 Å². The van der Waals surface area contributed by atoms with Gasteiger partial charge in [0.1, 0.15) is 5.00 Å². The quantitative estimate of drug-likeness (QED) is 0.582. The summed E-state index contributed by atoms with van der Waals surface area (Å²) in [6, 6.07) is 0. The number of nitrogens with zero attached hydrogens (tertiary/aromatic N) is 2. The van der Waals surface area contributed by atoms with Crippen LogP contribution in [0.2, 0.25) is 0 Å². The minimum Gasteiger partial charge on any atom is -0.462 e. The number of amides is 1. The number of thiophene rings is 1. The summed E-state index contributed by atoms with van der Waals surface area (Å²) in [5.41, 5.74) is 1.70. The zero-order valence-electron chi connectivity index (χ0n) is 14.5. The Labute approximate surface area is 157 Å². The SMILES string of the molecule is CCOC(=O)c1c(NC(=O)c2nn(C)c(C)c2Br)sc(C(C)=O)c1C. The molecule has 1 N–H and O–H groups in total. The molecule has 0 unspecified atom stereocenters. The second kappa shape index (κ2) is 7.49. The van der Waals surface area contributed by atoms with Crippen LogP contribution in [0.15, 0.2) is 4.47 Å². The molecule has 0 radical (unpaired) electrons. The molecule has 2 rings (SSSR count). The number of anilines is 1. The molecule has 2 aromatic rings. The monoisotopic (exact) mass is 427 g/mol. The van der Waals surface area contributed by atoms with Crippen molar-refractivity contribution in [2.75, 3.05) is 11.9 Å². The van der Waals surface area contributed by atoms with Crippen molar-refractivity contribution in [3.8, 4) is 0 Å². The van der Waals surface area contributed by atoms with Gasteiger partial charge in [-0.2, -0.15) is 5.10 Å². The molecule has 25 heavy (non-hydrogen) atoms. The van der Waals surface area contributed by atoms with Crippen LogP contribution in [-0.2, 0) is 11.8 Å². The predicted octanol–water partition coefficient (Wildman–Crippen LogP) is 3.49. The maximum absolute atomic E-state index is 12.6. The van der Waals surface area contributed by atoms with Gasteiger partial charge in [0.15, 0.2) is 11.5 Å². The van der Waals surface area contributed by atoms with Crippen LogP contribution in [0.5, 0.6) is 0 Å². The fourth-order valence-electron chi connectivity index (χ4n) is 2.28. The van der Waals surface area contributed by atoms with E-state index in [2.05, 4.69) is 26.3 Å². The average molecular weight is 428 g/mol. The average Bonchev–Trinajstić information content (AvgIpc) is 2.99. The van der Waals surface area contributed by atoms with Crippen LogP contribution in [0.1, 0.15) is 55.6 Å². The Morgan fingerprint density at radius 2 is 1.96 bits per heavy atom. The van der Waals surface area contributed by atoms with Crippen molar-refractivity contribution in [3.63, 3.8) is 0 Å². The molecule has 0 aromatic carbocycles. The Balaban J connectivity index is 2.45. The van der Waals surface area contributed by atoms with E-state index in [0.29, 0.717) is 14.9 Å². The Kier molecular flexibility index (Phi) is 5.79. The Bertz CT molecular complexity index is 869. The molecule has 7 nitrogen and oxygen atoms in total. The first-order valence-electron chi connectivity index (χ1n) is 7.50. The van der Waals surface area contributed by atoms with Crippen LogP contribution in [0, 0.1) is 13.8 Å². The third-order valence-corrected chi connectivity index (χ3v) is 5.91. The molecule has 134 valence electrons. The second-order valence-corrected chi connectivity index (χ2v) is 7.18. The molecular weight excluding hydrogens is 410 g/mol. The van der Waals surface area contributed by atoms with E-state index < -0.39 is 11.9 Å². The summed E-state index contributed by atoms with van der Waals surface area (Å²) in [5, 5.41) is 7.12. The Hall–Kier alpha value is -2.00. The fourth-order valence-corrected chi connectivity index (χ4v) is 3.88. The zero-order chi connectivity index (χ0) is 18.9. The molecule has 0 saturated heterocycles. The number of carbonyl (C=O) groups is 3. The molecule has 0 spiro atoms. The maximum atomic E-state index is 12.6. The van der Waals surface area contributed by atoms with E-state index in [9.17, 15) is 14.4 Å². The highest BCUT2D eigenvalue weighted by Crippen LogP contribution is 2.34. The van der Waals surface area contributed by atoms with Gasteiger partial charge >= 0.3 is 5.97 Å². The Morgan fingerprint density at radius 1 is 1.32 bits per heavy atom. The van der Waals surface area contributed by atoms with E-state index >= 15 is 0 Å². The highest BCUT2D eigenvalue weighted by Gasteiger charge is 2.27. The van der Waals surface area contributed by atoms with Crippen LogP contribution in [0.25, 0.3) is 0 Å². The molecule has 0 saturated carbocycles. The number of ketones is 1.